The van der Waals surface area contributed by atoms with Crippen molar-refractivity contribution < 1.29 is 9.59 Å². The van der Waals surface area contributed by atoms with Crippen LogP contribution in [0.25, 0.3) is 11.0 Å². The van der Waals surface area contributed by atoms with E-state index in [0.29, 0.717) is 9.88 Å². The first-order chi connectivity index (χ1) is 14.0. The first kappa shape index (κ1) is 22.0. The van der Waals surface area contributed by atoms with Crippen molar-refractivity contribution in [1.29, 1.82) is 0 Å². The molecule has 0 saturated heterocycles. The molecule has 1 atom stereocenters. The van der Waals surface area contributed by atoms with Gasteiger partial charge in [-0.3, -0.25) is 9.59 Å². The Morgan fingerprint density at radius 1 is 1.13 bits per heavy atom. The Morgan fingerprint density at radius 2 is 1.80 bits per heavy atom. The van der Waals surface area contributed by atoms with Crippen molar-refractivity contribution in [3.8, 4) is 0 Å². The van der Waals surface area contributed by atoms with E-state index in [9.17, 15) is 9.59 Å². The van der Waals surface area contributed by atoms with Gasteiger partial charge in [-0.2, -0.15) is 0 Å². The minimum atomic E-state index is -0.495. The first-order valence-electron chi connectivity index (χ1n) is 10.2. The minimum absolute atomic E-state index is 0.0743. The SMILES string of the molecule is Cc1cc(NC(=O)C(C)(C)C)sc1C(=O)NC(C)c1nc2ccccc2n1C(C)C. The molecule has 0 spiro atoms. The number of fused-ring (bicyclic) bond motifs is 1. The average Bonchev–Trinajstić information content (AvgIpc) is 3.21. The molecule has 3 aromatic rings. The summed E-state index contributed by atoms with van der Waals surface area (Å²) in [7, 11) is 0. The topological polar surface area (TPSA) is 76.0 Å². The number of hydrogen-bond acceptors (Lipinski definition) is 4. The van der Waals surface area contributed by atoms with Crippen LogP contribution < -0.4 is 10.6 Å². The summed E-state index contributed by atoms with van der Waals surface area (Å²) in [5, 5.41) is 6.67. The van der Waals surface area contributed by atoms with Crippen LogP contribution in [0.1, 0.15) is 74.7 Å². The van der Waals surface area contributed by atoms with E-state index in [0.717, 1.165) is 22.4 Å². The largest absolute Gasteiger partial charge is 0.342 e. The van der Waals surface area contributed by atoms with Crippen LogP contribution in [0.4, 0.5) is 5.00 Å². The molecule has 7 heteroatoms. The van der Waals surface area contributed by atoms with E-state index >= 15 is 0 Å². The van der Waals surface area contributed by atoms with Crippen molar-refractivity contribution in [1.82, 2.24) is 14.9 Å². The molecule has 2 heterocycles. The van der Waals surface area contributed by atoms with Crippen LogP contribution in [0, 0.1) is 12.3 Å². The highest BCUT2D eigenvalue weighted by molar-refractivity contribution is 7.18. The monoisotopic (exact) mass is 426 g/mol. The number of amides is 2. The standard InChI is InChI=1S/C23H30N4O2S/c1-13(2)27-17-11-9-8-10-16(17)25-20(27)15(4)24-21(28)19-14(3)12-18(30-19)26-22(29)23(5,6)7/h8-13,15H,1-7H3,(H,24,28)(H,26,29). The molecule has 160 valence electrons. The Labute approximate surface area is 181 Å². The minimum Gasteiger partial charge on any atom is -0.342 e. The van der Waals surface area contributed by atoms with Gasteiger partial charge in [-0.1, -0.05) is 32.9 Å². The number of carbonyl (C=O) groups excluding carboxylic acids is 2. The van der Waals surface area contributed by atoms with Crippen molar-refractivity contribution in [3.63, 3.8) is 0 Å². The number of nitrogens with zero attached hydrogens (tertiary/aromatic N) is 2. The average molecular weight is 427 g/mol. The van der Waals surface area contributed by atoms with Gasteiger partial charge in [0.15, 0.2) is 0 Å². The highest BCUT2D eigenvalue weighted by Gasteiger charge is 2.25. The fraction of sp³-hybridized carbons (Fsp3) is 0.435. The third-order valence-electron chi connectivity index (χ3n) is 4.92. The molecule has 2 N–H and O–H groups in total. The maximum atomic E-state index is 13.0. The van der Waals surface area contributed by atoms with Crippen LogP contribution in [0.2, 0.25) is 0 Å². The van der Waals surface area contributed by atoms with E-state index < -0.39 is 5.41 Å². The second-order valence-electron chi connectivity index (χ2n) is 8.94. The number of anilines is 1. The zero-order valence-corrected chi connectivity index (χ0v) is 19.5. The first-order valence-corrected chi connectivity index (χ1v) is 11.0. The van der Waals surface area contributed by atoms with Crippen molar-refractivity contribution in [2.24, 2.45) is 5.41 Å². The molecule has 0 radical (unpaired) electrons. The summed E-state index contributed by atoms with van der Waals surface area (Å²) in [6, 6.07) is 9.80. The van der Waals surface area contributed by atoms with Gasteiger partial charge in [0.1, 0.15) is 5.82 Å². The number of carbonyl (C=O) groups is 2. The molecule has 0 saturated carbocycles. The van der Waals surface area contributed by atoms with Crippen molar-refractivity contribution in [2.45, 2.75) is 60.5 Å². The molecule has 0 aliphatic rings. The second kappa shape index (κ2) is 8.22. The number of imidazole rings is 1. The van der Waals surface area contributed by atoms with Gasteiger partial charge in [0.25, 0.3) is 5.91 Å². The molecule has 0 fully saturated rings. The van der Waals surface area contributed by atoms with Crippen LogP contribution >= 0.6 is 11.3 Å². The number of benzene rings is 1. The summed E-state index contributed by atoms with van der Waals surface area (Å²) in [5.74, 6) is 0.591. The fourth-order valence-electron chi connectivity index (χ4n) is 3.31. The summed E-state index contributed by atoms with van der Waals surface area (Å²) in [6.45, 7) is 13.6. The summed E-state index contributed by atoms with van der Waals surface area (Å²) in [6.07, 6.45) is 0. The second-order valence-corrected chi connectivity index (χ2v) is 10.00. The fourth-order valence-corrected chi connectivity index (χ4v) is 4.28. The Kier molecular flexibility index (Phi) is 6.04. The number of aromatic nitrogens is 2. The van der Waals surface area contributed by atoms with Gasteiger partial charge in [-0.15, -0.1) is 11.3 Å². The molecule has 1 unspecified atom stereocenters. The highest BCUT2D eigenvalue weighted by Crippen LogP contribution is 2.30. The van der Waals surface area contributed by atoms with E-state index in [1.807, 2.05) is 65.0 Å². The van der Waals surface area contributed by atoms with Crippen LogP contribution in [0.3, 0.4) is 0 Å². The maximum absolute atomic E-state index is 13.0. The zero-order valence-electron chi connectivity index (χ0n) is 18.7. The molecular weight excluding hydrogens is 396 g/mol. The number of nitrogens with one attached hydrogen (secondary N) is 2. The molecule has 1 aromatic carbocycles. The molecule has 0 aliphatic heterocycles. The Balaban J connectivity index is 1.82. The predicted octanol–water partition coefficient (Wildman–Crippen LogP) is 5.46. The lowest BCUT2D eigenvalue weighted by atomic mass is 9.96. The van der Waals surface area contributed by atoms with Gasteiger partial charge in [0.05, 0.1) is 27.0 Å². The summed E-state index contributed by atoms with van der Waals surface area (Å²) < 4.78 is 2.16. The lowest BCUT2D eigenvalue weighted by molar-refractivity contribution is -0.123. The van der Waals surface area contributed by atoms with Crippen LogP contribution in [0.15, 0.2) is 30.3 Å². The normalized spacial score (nSPS) is 12.9. The summed E-state index contributed by atoms with van der Waals surface area (Å²) in [5.41, 5.74) is 2.32. The van der Waals surface area contributed by atoms with E-state index in [4.69, 9.17) is 4.98 Å². The van der Waals surface area contributed by atoms with Crippen LogP contribution in [0.5, 0.6) is 0 Å². The zero-order chi connectivity index (χ0) is 22.2. The van der Waals surface area contributed by atoms with E-state index in [2.05, 4.69) is 29.0 Å². The number of hydrogen-bond donors (Lipinski definition) is 2. The van der Waals surface area contributed by atoms with E-state index in [-0.39, 0.29) is 23.9 Å². The van der Waals surface area contributed by atoms with Gasteiger partial charge >= 0.3 is 0 Å². The Bertz CT molecular complexity index is 1090. The number of thiophene rings is 1. The van der Waals surface area contributed by atoms with Gasteiger partial charge in [0, 0.05) is 11.5 Å². The van der Waals surface area contributed by atoms with E-state index in [1.54, 1.807) is 0 Å². The van der Waals surface area contributed by atoms with Gasteiger partial charge in [-0.25, -0.2) is 4.98 Å². The Morgan fingerprint density at radius 3 is 2.43 bits per heavy atom. The smallest absolute Gasteiger partial charge is 0.262 e. The molecule has 2 aromatic heterocycles. The highest BCUT2D eigenvalue weighted by atomic mass is 32.1. The van der Waals surface area contributed by atoms with Gasteiger partial charge in [-0.05, 0) is 51.5 Å². The number of para-hydroxylation sites is 2. The van der Waals surface area contributed by atoms with Crippen molar-refractivity contribution in [3.05, 3.63) is 46.6 Å². The third-order valence-corrected chi connectivity index (χ3v) is 6.07. The number of aryl methyl sites for hydroxylation is 1. The van der Waals surface area contributed by atoms with E-state index in [1.165, 1.54) is 11.3 Å². The lowest BCUT2D eigenvalue weighted by Crippen LogP contribution is -2.29. The summed E-state index contributed by atoms with van der Waals surface area (Å²) >= 11 is 1.29. The van der Waals surface area contributed by atoms with Gasteiger partial charge in [0.2, 0.25) is 5.91 Å². The van der Waals surface area contributed by atoms with Crippen LogP contribution in [-0.2, 0) is 4.79 Å². The van der Waals surface area contributed by atoms with Crippen molar-refractivity contribution >= 4 is 39.2 Å². The van der Waals surface area contributed by atoms with Crippen LogP contribution in [-0.4, -0.2) is 21.4 Å². The molecule has 30 heavy (non-hydrogen) atoms. The quantitative estimate of drug-likeness (QED) is 0.568. The Hall–Kier alpha value is -2.67. The summed E-state index contributed by atoms with van der Waals surface area (Å²) in [4.78, 5) is 30.6. The van der Waals surface area contributed by atoms with Crippen molar-refractivity contribution in [2.75, 3.05) is 5.32 Å². The molecule has 6 nitrogen and oxygen atoms in total. The predicted molar refractivity (Wildman–Crippen MR) is 123 cm³/mol. The molecule has 3 rings (SSSR count). The molecular formula is C23H30N4O2S. The number of rotatable bonds is 5. The maximum Gasteiger partial charge on any atom is 0.262 e. The molecule has 0 aliphatic carbocycles. The third kappa shape index (κ3) is 4.41. The molecule has 2 amide bonds. The lowest BCUT2D eigenvalue weighted by Gasteiger charge is -2.18. The molecule has 0 bridgehead atoms. The van der Waals surface area contributed by atoms with Gasteiger partial charge < -0.3 is 15.2 Å².